The van der Waals surface area contributed by atoms with Gasteiger partial charge in [0.15, 0.2) is 0 Å². The monoisotopic (exact) mass is 302 g/mol. The van der Waals surface area contributed by atoms with Crippen LogP contribution in [-0.4, -0.2) is 35.6 Å². The molecule has 3 nitrogen and oxygen atoms in total. The van der Waals surface area contributed by atoms with Gasteiger partial charge in [-0.25, -0.2) is 0 Å². The van der Waals surface area contributed by atoms with Gasteiger partial charge in [0.2, 0.25) is 5.91 Å². The van der Waals surface area contributed by atoms with Crippen LogP contribution in [0.2, 0.25) is 0 Å². The molecular formula is C12H22ClF3N2O. The maximum Gasteiger partial charge on any atom is 0.393 e. The fourth-order valence-electron chi connectivity index (χ4n) is 2.42. The number of nitrogens with two attached hydrogens (primary N) is 1. The van der Waals surface area contributed by atoms with E-state index in [2.05, 4.69) is 0 Å². The molecule has 0 aromatic carbocycles. The van der Waals surface area contributed by atoms with Crippen molar-refractivity contribution in [3.8, 4) is 0 Å². The summed E-state index contributed by atoms with van der Waals surface area (Å²) in [6.07, 6.45) is -2.52. The number of alkyl halides is 3. The van der Waals surface area contributed by atoms with Crippen LogP contribution in [0.1, 0.15) is 39.5 Å². The molecule has 1 saturated heterocycles. The molecule has 0 spiro atoms. The number of carbonyl (C=O) groups is 1. The van der Waals surface area contributed by atoms with Crippen molar-refractivity contribution in [3.05, 3.63) is 0 Å². The average molecular weight is 303 g/mol. The molecule has 1 amide bonds. The quantitative estimate of drug-likeness (QED) is 0.871. The molecule has 0 aliphatic carbocycles. The fraction of sp³-hybridized carbons (Fsp3) is 0.917. The van der Waals surface area contributed by atoms with E-state index in [0.29, 0.717) is 19.4 Å². The summed E-state index contributed by atoms with van der Waals surface area (Å²) in [6, 6.07) is 0. The highest BCUT2D eigenvalue weighted by Gasteiger charge is 2.44. The Balaban J connectivity index is 0.00000324. The minimum atomic E-state index is -4.23. The maximum absolute atomic E-state index is 12.7. The van der Waals surface area contributed by atoms with E-state index in [9.17, 15) is 18.0 Å². The zero-order valence-electron chi connectivity index (χ0n) is 11.3. The molecule has 1 rings (SSSR count). The predicted octanol–water partition coefficient (Wildman–Crippen LogP) is 2.73. The molecule has 1 aliphatic heterocycles. The number of carbonyl (C=O) groups excluding carboxylic acids is 1. The van der Waals surface area contributed by atoms with Crippen LogP contribution < -0.4 is 5.73 Å². The third kappa shape index (κ3) is 4.84. The van der Waals surface area contributed by atoms with Crippen LogP contribution in [0.5, 0.6) is 0 Å². The standard InChI is InChI=1S/C12H21F3N2O.ClH/c1-3-6-11(2,16)10(18)17-7-4-5-9(8-17)12(13,14)15;/h9H,3-8,16H2,1-2H3;1H. The van der Waals surface area contributed by atoms with Crippen molar-refractivity contribution in [2.45, 2.75) is 51.2 Å². The van der Waals surface area contributed by atoms with Crippen molar-refractivity contribution in [1.82, 2.24) is 4.90 Å². The highest BCUT2D eigenvalue weighted by atomic mass is 35.5. The van der Waals surface area contributed by atoms with Crippen LogP contribution in [0.15, 0.2) is 0 Å². The van der Waals surface area contributed by atoms with Gasteiger partial charge >= 0.3 is 6.18 Å². The molecule has 2 N–H and O–H groups in total. The molecule has 0 aromatic rings. The highest BCUT2D eigenvalue weighted by molar-refractivity contribution is 5.86. The molecule has 2 atom stereocenters. The van der Waals surface area contributed by atoms with E-state index in [1.165, 1.54) is 4.90 Å². The van der Waals surface area contributed by atoms with Gasteiger partial charge < -0.3 is 10.6 Å². The summed E-state index contributed by atoms with van der Waals surface area (Å²) in [5.41, 5.74) is 4.83. The summed E-state index contributed by atoms with van der Waals surface area (Å²) in [5, 5.41) is 0. The van der Waals surface area contributed by atoms with Gasteiger partial charge in [0.25, 0.3) is 0 Å². The van der Waals surface area contributed by atoms with Gasteiger partial charge in [-0.1, -0.05) is 13.3 Å². The maximum atomic E-state index is 12.7. The van der Waals surface area contributed by atoms with Gasteiger partial charge in [-0.15, -0.1) is 12.4 Å². The largest absolute Gasteiger partial charge is 0.393 e. The van der Waals surface area contributed by atoms with Crippen molar-refractivity contribution >= 4 is 18.3 Å². The Morgan fingerprint density at radius 3 is 2.47 bits per heavy atom. The Labute approximate surface area is 118 Å². The Hall–Kier alpha value is -0.490. The molecule has 1 fully saturated rings. The molecule has 19 heavy (non-hydrogen) atoms. The second-order valence-electron chi connectivity index (χ2n) is 5.30. The first kappa shape index (κ1) is 18.5. The van der Waals surface area contributed by atoms with Crippen LogP contribution in [0, 0.1) is 5.92 Å². The Kier molecular flexibility index (Phi) is 6.62. The third-order valence-corrected chi connectivity index (χ3v) is 3.43. The minimum Gasteiger partial charge on any atom is -0.340 e. The van der Waals surface area contributed by atoms with Crippen molar-refractivity contribution < 1.29 is 18.0 Å². The molecule has 0 saturated carbocycles. The van der Waals surface area contributed by atoms with E-state index in [-0.39, 0.29) is 31.3 Å². The summed E-state index contributed by atoms with van der Waals surface area (Å²) in [4.78, 5) is 13.4. The first-order valence-electron chi connectivity index (χ1n) is 6.33. The normalized spacial score (nSPS) is 23.5. The van der Waals surface area contributed by atoms with E-state index in [1.807, 2.05) is 6.92 Å². The number of rotatable bonds is 3. The number of amides is 1. The van der Waals surface area contributed by atoms with Crippen molar-refractivity contribution in [2.75, 3.05) is 13.1 Å². The average Bonchev–Trinajstić information content (AvgIpc) is 2.27. The third-order valence-electron chi connectivity index (χ3n) is 3.43. The second kappa shape index (κ2) is 6.79. The summed E-state index contributed by atoms with van der Waals surface area (Å²) < 4.78 is 38.0. The Morgan fingerprint density at radius 2 is 2.00 bits per heavy atom. The number of nitrogens with zero attached hydrogens (tertiary/aromatic N) is 1. The number of likely N-dealkylation sites (tertiary alicyclic amines) is 1. The number of hydrogen-bond acceptors (Lipinski definition) is 2. The van der Waals surface area contributed by atoms with Crippen molar-refractivity contribution in [1.29, 1.82) is 0 Å². The van der Waals surface area contributed by atoms with Gasteiger partial charge in [0.05, 0.1) is 11.5 Å². The molecule has 0 bridgehead atoms. The molecule has 1 aliphatic rings. The number of halogens is 4. The van der Waals surface area contributed by atoms with Gasteiger partial charge in [-0.3, -0.25) is 4.79 Å². The number of hydrogen-bond donors (Lipinski definition) is 1. The zero-order valence-corrected chi connectivity index (χ0v) is 12.1. The summed E-state index contributed by atoms with van der Waals surface area (Å²) in [7, 11) is 0. The van der Waals surface area contributed by atoms with Crippen LogP contribution >= 0.6 is 12.4 Å². The molecule has 7 heteroatoms. The first-order chi connectivity index (χ1) is 8.18. The summed E-state index contributed by atoms with van der Waals surface area (Å²) >= 11 is 0. The van der Waals surface area contributed by atoms with Crippen LogP contribution in [-0.2, 0) is 4.79 Å². The SMILES string of the molecule is CCCC(C)(N)C(=O)N1CCCC(C(F)(F)F)C1.Cl. The molecule has 0 aromatic heterocycles. The fourth-order valence-corrected chi connectivity index (χ4v) is 2.42. The lowest BCUT2D eigenvalue weighted by atomic mass is 9.92. The van der Waals surface area contributed by atoms with Gasteiger partial charge in [0.1, 0.15) is 0 Å². The van der Waals surface area contributed by atoms with Gasteiger partial charge in [-0.2, -0.15) is 13.2 Å². The van der Waals surface area contributed by atoms with Gasteiger partial charge in [-0.05, 0) is 26.2 Å². The molecular weight excluding hydrogens is 281 g/mol. The Bertz CT molecular complexity index is 308. The zero-order chi connectivity index (χ0) is 14.0. The summed E-state index contributed by atoms with van der Waals surface area (Å²) in [5.74, 6) is -1.77. The van der Waals surface area contributed by atoms with Gasteiger partial charge in [0, 0.05) is 13.1 Å². The van der Waals surface area contributed by atoms with E-state index in [0.717, 1.165) is 6.42 Å². The lowest BCUT2D eigenvalue weighted by Crippen LogP contribution is -2.56. The lowest BCUT2D eigenvalue weighted by molar-refractivity contribution is -0.188. The van der Waals surface area contributed by atoms with Crippen molar-refractivity contribution in [3.63, 3.8) is 0 Å². The van der Waals surface area contributed by atoms with E-state index in [4.69, 9.17) is 5.73 Å². The smallest absolute Gasteiger partial charge is 0.340 e. The first-order valence-corrected chi connectivity index (χ1v) is 6.33. The van der Waals surface area contributed by atoms with Crippen LogP contribution in [0.25, 0.3) is 0 Å². The molecule has 114 valence electrons. The molecule has 0 radical (unpaired) electrons. The van der Waals surface area contributed by atoms with E-state index < -0.39 is 17.6 Å². The van der Waals surface area contributed by atoms with Crippen LogP contribution in [0.3, 0.4) is 0 Å². The number of piperidine rings is 1. The molecule has 1 heterocycles. The van der Waals surface area contributed by atoms with E-state index in [1.54, 1.807) is 6.92 Å². The lowest BCUT2D eigenvalue weighted by Gasteiger charge is -2.38. The van der Waals surface area contributed by atoms with Crippen molar-refractivity contribution in [2.24, 2.45) is 11.7 Å². The van der Waals surface area contributed by atoms with E-state index >= 15 is 0 Å². The highest BCUT2D eigenvalue weighted by Crippen LogP contribution is 2.33. The van der Waals surface area contributed by atoms with Crippen LogP contribution in [0.4, 0.5) is 13.2 Å². The summed E-state index contributed by atoms with van der Waals surface area (Å²) in [6.45, 7) is 3.61. The minimum absolute atomic E-state index is 0. The Morgan fingerprint density at radius 1 is 1.42 bits per heavy atom. The topological polar surface area (TPSA) is 46.3 Å². The second-order valence-corrected chi connectivity index (χ2v) is 5.30. The predicted molar refractivity (Wildman–Crippen MR) is 70.1 cm³/mol. The molecule has 2 unspecified atom stereocenters.